The maximum Gasteiger partial charge on any atom is 0.251 e. The summed E-state index contributed by atoms with van der Waals surface area (Å²) in [6, 6.07) is 6.80. The molecule has 2 aromatic rings. The van der Waals surface area contributed by atoms with E-state index in [1.807, 2.05) is 11.4 Å². The molecule has 1 amide bonds. The van der Waals surface area contributed by atoms with Crippen LogP contribution in [-0.4, -0.2) is 11.0 Å². The van der Waals surface area contributed by atoms with Crippen molar-refractivity contribution in [2.45, 2.75) is 13.5 Å². The molecule has 0 unspecified atom stereocenters. The number of carbonyl (C=O) groups is 1. The summed E-state index contributed by atoms with van der Waals surface area (Å²) in [5, 5.41) is 14.2. The molecule has 0 fully saturated rings. The maximum absolute atomic E-state index is 11.9. The van der Waals surface area contributed by atoms with Crippen LogP contribution in [0.2, 0.25) is 0 Å². The number of aryl methyl sites for hydroxylation is 1. The van der Waals surface area contributed by atoms with E-state index in [0.29, 0.717) is 17.7 Å². The zero-order valence-electron chi connectivity index (χ0n) is 9.74. The minimum atomic E-state index is -0.136. The lowest BCUT2D eigenvalue weighted by Crippen LogP contribution is -2.22. The van der Waals surface area contributed by atoms with E-state index in [1.165, 1.54) is 6.07 Å². The fourth-order valence-electron chi connectivity index (χ4n) is 1.51. The van der Waals surface area contributed by atoms with Crippen LogP contribution in [0.1, 0.15) is 20.8 Å². The van der Waals surface area contributed by atoms with Gasteiger partial charge in [-0.2, -0.15) is 0 Å². The molecule has 0 atom stereocenters. The Balaban J connectivity index is 2.01. The molecule has 0 aliphatic carbocycles. The van der Waals surface area contributed by atoms with Crippen LogP contribution < -0.4 is 5.32 Å². The summed E-state index contributed by atoms with van der Waals surface area (Å²) in [5.41, 5.74) is 1.25. The lowest BCUT2D eigenvalue weighted by molar-refractivity contribution is 0.0951. The molecule has 1 aromatic carbocycles. The van der Waals surface area contributed by atoms with Gasteiger partial charge in [-0.3, -0.25) is 4.79 Å². The summed E-state index contributed by atoms with van der Waals surface area (Å²) < 4.78 is 1.03. The van der Waals surface area contributed by atoms with Crippen LogP contribution in [-0.2, 0) is 6.54 Å². The Morgan fingerprint density at radius 1 is 1.44 bits per heavy atom. The Morgan fingerprint density at radius 3 is 2.83 bits per heavy atom. The summed E-state index contributed by atoms with van der Waals surface area (Å²) in [7, 11) is 0. The van der Waals surface area contributed by atoms with E-state index < -0.39 is 0 Å². The highest BCUT2D eigenvalue weighted by Gasteiger charge is 2.07. The molecule has 0 aliphatic heterocycles. The van der Waals surface area contributed by atoms with Crippen LogP contribution in [0.15, 0.2) is 34.1 Å². The first kappa shape index (κ1) is 13.1. The number of hydrogen-bond acceptors (Lipinski definition) is 3. The number of rotatable bonds is 3. The third-order valence-corrected chi connectivity index (χ3v) is 4.20. The molecule has 0 saturated carbocycles. The summed E-state index contributed by atoms with van der Waals surface area (Å²) in [4.78, 5) is 13.0. The van der Waals surface area contributed by atoms with Gasteiger partial charge in [-0.1, -0.05) is 0 Å². The van der Waals surface area contributed by atoms with Crippen LogP contribution in [0.5, 0.6) is 5.75 Å². The molecule has 1 heterocycles. The highest BCUT2D eigenvalue weighted by molar-refractivity contribution is 9.10. The van der Waals surface area contributed by atoms with E-state index in [2.05, 4.69) is 21.2 Å². The first-order chi connectivity index (χ1) is 8.56. The summed E-state index contributed by atoms with van der Waals surface area (Å²) in [6.45, 7) is 2.28. The number of phenols is 1. The van der Waals surface area contributed by atoms with Gasteiger partial charge in [-0.15, -0.1) is 11.3 Å². The smallest absolute Gasteiger partial charge is 0.251 e. The van der Waals surface area contributed by atoms with Gasteiger partial charge in [-0.25, -0.2) is 0 Å². The number of hydrogen-bond donors (Lipinski definition) is 2. The van der Waals surface area contributed by atoms with Crippen molar-refractivity contribution in [3.05, 3.63) is 50.1 Å². The zero-order chi connectivity index (χ0) is 13.1. The number of halogens is 1. The van der Waals surface area contributed by atoms with Gasteiger partial charge in [0.2, 0.25) is 0 Å². The Labute approximate surface area is 118 Å². The number of benzene rings is 1. The van der Waals surface area contributed by atoms with Crippen molar-refractivity contribution in [1.29, 1.82) is 0 Å². The monoisotopic (exact) mass is 325 g/mol. The molecule has 0 radical (unpaired) electrons. The molecule has 3 nitrogen and oxygen atoms in total. The molecular weight excluding hydrogens is 314 g/mol. The molecule has 2 N–H and O–H groups in total. The van der Waals surface area contributed by atoms with Gasteiger partial charge in [0.1, 0.15) is 5.75 Å². The second-order valence-electron chi connectivity index (χ2n) is 3.92. The summed E-state index contributed by atoms with van der Waals surface area (Å²) >= 11 is 4.96. The molecule has 94 valence electrons. The second kappa shape index (κ2) is 5.54. The van der Waals surface area contributed by atoms with E-state index in [4.69, 9.17) is 0 Å². The zero-order valence-corrected chi connectivity index (χ0v) is 12.1. The van der Waals surface area contributed by atoms with E-state index >= 15 is 0 Å². The van der Waals surface area contributed by atoms with E-state index in [-0.39, 0.29) is 11.7 Å². The van der Waals surface area contributed by atoms with Crippen LogP contribution in [0, 0.1) is 6.92 Å². The van der Waals surface area contributed by atoms with Gasteiger partial charge in [0.05, 0.1) is 6.54 Å². The van der Waals surface area contributed by atoms with Gasteiger partial charge >= 0.3 is 0 Å². The largest absolute Gasteiger partial charge is 0.508 e. The van der Waals surface area contributed by atoms with Gasteiger partial charge in [-0.05, 0) is 52.7 Å². The van der Waals surface area contributed by atoms with Gasteiger partial charge in [0, 0.05) is 20.3 Å². The molecule has 2 rings (SSSR count). The average Bonchev–Trinajstić information content (AvgIpc) is 2.75. The van der Waals surface area contributed by atoms with Gasteiger partial charge in [0.25, 0.3) is 5.91 Å². The summed E-state index contributed by atoms with van der Waals surface area (Å²) in [6.07, 6.45) is 0. The maximum atomic E-state index is 11.9. The highest BCUT2D eigenvalue weighted by Crippen LogP contribution is 2.20. The van der Waals surface area contributed by atoms with Crippen molar-refractivity contribution in [2.24, 2.45) is 0 Å². The quantitative estimate of drug-likeness (QED) is 0.908. The minimum Gasteiger partial charge on any atom is -0.508 e. The van der Waals surface area contributed by atoms with Crippen molar-refractivity contribution in [1.82, 2.24) is 5.32 Å². The predicted molar refractivity (Wildman–Crippen MR) is 76.0 cm³/mol. The topological polar surface area (TPSA) is 49.3 Å². The van der Waals surface area contributed by atoms with Crippen LogP contribution in [0.4, 0.5) is 0 Å². The Hall–Kier alpha value is -1.33. The van der Waals surface area contributed by atoms with Crippen molar-refractivity contribution in [2.75, 3.05) is 0 Å². The normalized spacial score (nSPS) is 10.3. The van der Waals surface area contributed by atoms with Gasteiger partial charge < -0.3 is 10.4 Å². The van der Waals surface area contributed by atoms with Gasteiger partial charge in [0.15, 0.2) is 0 Å². The minimum absolute atomic E-state index is 0.136. The Morgan fingerprint density at radius 2 is 2.22 bits per heavy atom. The van der Waals surface area contributed by atoms with Crippen LogP contribution >= 0.6 is 27.3 Å². The first-order valence-electron chi connectivity index (χ1n) is 5.37. The van der Waals surface area contributed by atoms with E-state index in [0.717, 1.165) is 9.35 Å². The number of carbonyl (C=O) groups excluding carboxylic acids is 1. The molecule has 0 saturated heterocycles. The van der Waals surface area contributed by atoms with Crippen molar-refractivity contribution in [3.63, 3.8) is 0 Å². The SMILES string of the molecule is Cc1cc(C(=O)NCc2cc(Br)cs2)ccc1O. The fraction of sp³-hybridized carbons (Fsp3) is 0.154. The summed E-state index contributed by atoms with van der Waals surface area (Å²) in [5.74, 6) is 0.0661. The molecule has 1 aromatic heterocycles. The van der Waals surface area contributed by atoms with Crippen molar-refractivity contribution in [3.8, 4) is 5.75 Å². The lowest BCUT2D eigenvalue weighted by atomic mass is 10.1. The van der Waals surface area contributed by atoms with Crippen molar-refractivity contribution < 1.29 is 9.90 Å². The molecule has 0 aliphatic rings. The first-order valence-corrected chi connectivity index (χ1v) is 7.04. The molecule has 5 heteroatoms. The molecule has 0 bridgehead atoms. The van der Waals surface area contributed by atoms with E-state index in [9.17, 15) is 9.90 Å². The molecular formula is C13H12BrNO2S. The lowest BCUT2D eigenvalue weighted by Gasteiger charge is -2.05. The third kappa shape index (κ3) is 3.11. The standard InChI is InChI=1S/C13H12BrNO2S/c1-8-4-9(2-3-12(8)16)13(17)15-6-11-5-10(14)7-18-11/h2-5,7,16H,6H2,1H3,(H,15,17). The van der Waals surface area contributed by atoms with Crippen LogP contribution in [0.3, 0.4) is 0 Å². The number of nitrogens with one attached hydrogen (secondary N) is 1. The number of aromatic hydroxyl groups is 1. The van der Waals surface area contributed by atoms with Crippen LogP contribution in [0.25, 0.3) is 0 Å². The number of phenolic OH excluding ortho intramolecular Hbond substituents is 1. The second-order valence-corrected chi connectivity index (χ2v) is 5.83. The highest BCUT2D eigenvalue weighted by atomic mass is 79.9. The van der Waals surface area contributed by atoms with Crippen molar-refractivity contribution >= 4 is 33.2 Å². The van der Waals surface area contributed by atoms with E-state index in [1.54, 1.807) is 30.4 Å². The predicted octanol–water partition coefficient (Wildman–Crippen LogP) is 3.45. The third-order valence-electron chi connectivity index (χ3n) is 2.50. The number of thiophene rings is 1. The fourth-order valence-corrected chi connectivity index (χ4v) is 2.90. The average molecular weight is 326 g/mol. The Bertz CT molecular complexity index is 580. The molecule has 18 heavy (non-hydrogen) atoms. The Kier molecular flexibility index (Phi) is 4.04. The number of amides is 1. The molecule has 0 spiro atoms.